The number of nitrogens with one attached hydrogen (secondary N) is 1. The fourth-order valence-electron chi connectivity index (χ4n) is 5.28. The van der Waals surface area contributed by atoms with Crippen molar-refractivity contribution >= 4 is 22.6 Å². The van der Waals surface area contributed by atoms with Gasteiger partial charge in [-0.2, -0.15) is 0 Å². The van der Waals surface area contributed by atoms with Crippen LogP contribution in [-0.4, -0.2) is 15.9 Å². The summed E-state index contributed by atoms with van der Waals surface area (Å²) in [6, 6.07) is 12.4. The van der Waals surface area contributed by atoms with E-state index >= 15 is 0 Å². The first-order valence-corrected chi connectivity index (χ1v) is 10.4. The molecule has 2 aliphatic carbocycles. The van der Waals surface area contributed by atoms with E-state index in [9.17, 15) is 9.18 Å². The number of pyridine rings is 2. The van der Waals surface area contributed by atoms with E-state index in [1.807, 2.05) is 30.5 Å². The van der Waals surface area contributed by atoms with Crippen molar-refractivity contribution < 1.29 is 9.18 Å². The molecule has 1 aromatic carbocycles. The summed E-state index contributed by atoms with van der Waals surface area (Å²) < 4.78 is 13.8. The monoisotopic (exact) mass is 389 g/mol. The van der Waals surface area contributed by atoms with Gasteiger partial charge in [-0.3, -0.25) is 9.78 Å². The number of anilines is 1. The minimum absolute atomic E-state index is 0.0874. The predicted octanol–water partition coefficient (Wildman–Crippen LogP) is 5.46. The Morgan fingerprint density at radius 1 is 1.03 bits per heavy atom. The number of carbonyl (C=O) groups is 1. The molecule has 29 heavy (non-hydrogen) atoms. The first-order valence-electron chi connectivity index (χ1n) is 10.4. The molecule has 2 fully saturated rings. The summed E-state index contributed by atoms with van der Waals surface area (Å²) in [5, 5.41) is 3.87. The third-order valence-corrected chi connectivity index (χ3v) is 6.87. The largest absolute Gasteiger partial charge is 0.310 e. The molecule has 0 atom stereocenters. The maximum absolute atomic E-state index is 13.8. The molecule has 3 aromatic rings. The minimum atomic E-state index is -0.209. The Morgan fingerprint density at radius 2 is 1.86 bits per heavy atom. The fourth-order valence-corrected chi connectivity index (χ4v) is 5.28. The number of benzene rings is 1. The molecule has 1 N–H and O–H groups in total. The van der Waals surface area contributed by atoms with Crippen LogP contribution in [0.1, 0.15) is 50.0 Å². The molecule has 0 bridgehead atoms. The average Bonchev–Trinajstić information content (AvgIpc) is 2.72. The number of amides is 1. The van der Waals surface area contributed by atoms with Crippen molar-refractivity contribution in [3.05, 3.63) is 66.2 Å². The fraction of sp³-hybridized carbons (Fsp3) is 0.375. The number of fused-ring (bicyclic) bond motifs is 1. The zero-order chi connectivity index (χ0) is 19.8. The zero-order valence-corrected chi connectivity index (χ0v) is 16.3. The lowest BCUT2D eigenvalue weighted by molar-refractivity contribution is -0.128. The molecule has 4 nitrogen and oxygen atoms in total. The Labute approximate surface area is 169 Å². The molecule has 2 saturated carbocycles. The lowest BCUT2D eigenvalue weighted by atomic mass is 9.54. The highest BCUT2D eigenvalue weighted by atomic mass is 19.1. The molecule has 2 aromatic heterocycles. The zero-order valence-electron chi connectivity index (χ0n) is 16.3. The van der Waals surface area contributed by atoms with Crippen molar-refractivity contribution in [3.63, 3.8) is 0 Å². The molecule has 2 aliphatic rings. The third kappa shape index (κ3) is 3.50. The Kier molecular flexibility index (Phi) is 4.53. The van der Waals surface area contributed by atoms with Crippen molar-refractivity contribution in [2.75, 3.05) is 5.32 Å². The Hall–Kier alpha value is -2.82. The van der Waals surface area contributed by atoms with Gasteiger partial charge in [-0.25, -0.2) is 9.37 Å². The van der Waals surface area contributed by atoms with Gasteiger partial charge >= 0.3 is 0 Å². The van der Waals surface area contributed by atoms with Gasteiger partial charge in [-0.1, -0.05) is 6.07 Å². The van der Waals surface area contributed by atoms with Gasteiger partial charge < -0.3 is 5.32 Å². The molecule has 0 radical (unpaired) electrons. The standard InChI is InChI=1S/C24H24FN3O/c25-18-4-5-21-20(13-18)19(8-12-26-21)16-6-9-24(10-7-16)14-17(15-24)23(29)28-22-3-1-2-11-27-22/h1-5,8,11-13,16-17H,6-7,9-10,14-15H2,(H,27,28,29). The van der Waals surface area contributed by atoms with Crippen LogP contribution in [0.15, 0.2) is 54.9 Å². The van der Waals surface area contributed by atoms with Crippen LogP contribution in [0, 0.1) is 17.2 Å². The quantitative estimate of drug-likeness (QED) is 0.647. The molecular weight excluding hydrogens is 365 g/mol. The highest BCUT2D eigenvalue weighted by Crippen LogP contribution is 2.57. The highest BCUT2D eigenvalue weighted by Gasteiger charge is 2.48. The molecule has 0 saturated heterocycles. The lowest BCUT2D eigenvalue weighted by Crippen LogP contribution is -2.45. The lowest BCUT2D eigenvalue weighted by Gasteiger charge is -2.51. The Bertz CT molecular complexity index is 1040. The van der Waals surface area contributed by atoms with Crippen LogP contribution in [0.2, 0.25) is 0 Å². The van der Waals surface area contributed by atoms with E-state index in [4.69, 9.17) is 0 Å². The number of nitrogens with zero attached hydrogens (tertiary/aromatic N) is 2. The van der Waals surface area contributed by atoms with Gasteiger partial charge in [-0.15, -0.1) is 0 Å². The van der Waals surface area contributed by atoms with E-state index in [-0.39, 0.29) is 17.6 Å². The molecule has 0 unspecified atom stereocenters. The van der Waals surface area contributed by atoms with Crippen LogP contribution in [0.3, 0.4) is 0 Å². The summed E-state index contributed by atoms with van der Waals surface area (Å²) in [5.41, 5.74) is 2.38. The Balaban J connectivity index is 1.22. The van der Waals surface area contributed by atoms with E-state index in [0.717, 1.165) is 49.4 Å². The minimum Gasteiger partial charge on any atom is -0.310 e. The number of hydrogen-bond donors (Lipinski definition) is 1. The van der Waals surface area contributed by atoms with Crippen LogP contribution in [-0.2, 0) is 4.79 Å². The first-order chi connectivity index (χ1) is 14.1. The van der Waals surface area contributed by atoms with E-state index in [1.54, 1.807) is 18.3 Å². The summed E-state index contributed by atoms with van der Waals surface area (Å²) in [7, 11) is 0. The van der Waals surface area contributed by atoms with Gasteiger partial charge in [-0.05, 0) is 91.8 Å². The number of halogens is 1. The topological polar surface area (TPSA) is 54.9 Å². The van der Waals surface area contributed by atoms with E-state index in [0.29, 0.717) is 17.2 Å². The normalized spacial score (nSPS) is 26.2. The van der Waals surface area contributed by atoms with Crippen LogP contribution in [0.4, 0.5) is 10.2 Å². The molecule has 1 spiro atoms. The van der Waals surface area contributed by atoms with Gasteiger partial charge in [0.05, 0.1) is 5.52 Å². The maximum atomic E-state index is 13.8. The van der Waals surface area contributed by atoms with Crippen LogP contribution in [0.25, 0.3) is 10.9 Å². The number of hydrogen-bond acceptors (Lipinski definition) is 3. The smallest absolute Gasteiger partial charge is 0.228 e. The third-order valence-electron chi connectivity index (χ3n) is 6.87. The molecule has 1 amide bonds. The summed E-state index contributed by atoms with van der Waals surface area (Å²) in [6.45, 7) is 0. The summed E-state index contributed by atoms with van der Waals surface area (Å²) in [4.78, 5) is 21.0. The average molecular weight is 389 g/mol. The summed E-state index contributed by atoms with van der Waals surface area (Å²) in [6.07, 6.45) is 9.88. The van der Waals surface area contributed by atoms with E-state index in [2.05, 4.69) is 15.3 Å². The SMILES string of the molecule is O=C(Nc1ccccn1)C1CC2(CCC(c3ccnc4ccc(F)cc34)CC2)C1. The number of carbonyl (C=O) groups excluding carboxylic acids is 1. The summed E-state index contributed by atoms with van der Waals surface area (Å²) in [5.74, 6) is 1.03. The van der Waals surface area contributed by atoms with Gasteiger partial charge in [0.2, 0.25) is 5.91 Å². The van der Waals surface area contributed by atoms with Crippen LogP contribution >= 0.6 is 0 Å². The van der Waals surface area contributed by atoms with Gasteiger partial charge in [0.1, 0.15) is 11.6 Å². The molecule has 2 heterocycles. The van der Waals surface area contributed by atoms with Gasteiger partial charge in [0.15, 0.2) is 0 Å². The molecule has 5 heteroatoms. The maximum Gasteiger partial charge on any atom is 0.228 e. The first kappa shape index (κ1) is 18.2. The van der Waals surface area contributed by atoms with Crippen molar-refractivity contribution in [3.8, 4) is 0 Å². The predicted molar refractivity (Wildman–Crippen MR) is 111 cm³/mol. The van der Waals surface area contributed by atoms with Crippen LogP contribution in [0.5, 0.6) is 0 Å². The highest BCUT2D eigenvalue weighted by molar-refractivity contribution is 5.92. The van der Waals surface area contributed by atoms with E-state index < -0.39 is 0 Å². The van der Waals surface area contributed by atoms with Gasteiger partial charge in [0.25, 0.3) is 0 Å². The van der Waals surface area contributed by atoms with Crippen molar-refractivity contribution in [2.24, 2.45) is 11.3 Å². The van der Waals surface area contributed by atoms with E-state index in [1.165, 1.54) is 11.6 Å². The number of rotatable bonds is 3. The number of aromatic nitrogens is 2. The second kappa shape index (κ2) is 7.21. The van der Waals surface area contributed by atoms with Crippen molar-refractivity contribution in [1.29, 1.82) is 0 Å². The second-order valence-corrected chi connectivity index (χ2v) is 8.65. The molecule has 148 valence electrons. The van der Waals surface area contributed by atoms with Crippen LogP contribution < -0.4 is 5.32 Å². The summed E-state index contributed by atoms with van der Waals surface area (Å²) >= 11 is 0. The second-order valence-electron chi connectivity index (χ2n) is 8.65. The Morgan fingerprint density at radius 3 is 2.62 bits per heavy atom. The van der Waals surface area contributed by atoms with Crippen molar-refractivity contribution in [1.82, 2.24) is 9.97 Å². The molecular formula is C24H24FN3O. The van der Waals surface area contributed by atoms with Gasteiger partial charge in [0, 0.05) is 23.7 Å². The van der Waals surface area contributed by atoms with Crippen molar-refractivity contribution in [2.45, 2.75) is 44.4 Å². The molecule has 5 rings (SSSR count). The molecule has 0 aliphatic heterocycles.